The molecule has 2 rings (SSSR count). The van der Waals surface area contributed by atoms with Crippen LogP contribution in [-0.2, 0) is 6.54 Å². The Kier molecular flexibility index (Phi) is 3.49. The van der Waals surface area contributed by atoms with Crippen molar-refractivity contribution in [1.82, 2.24) is 10.3 Å². The summed E-state index contributed by atoms with van der Waals surface area (Å²) in [6.45, 7) is 3.17. The van der Waals surface area contributed by atoms with E-state index in [1.807, 2.05) is 6.92 Å². The smallest absolute Gasteiger partial charge is 0.181 e. The highest BCUT2D eigenvalue weighted by Crippen LogP contribution is 2.27. The second-order valence-electron chi connectivity index (χ2n) is 3.51. The molecule has 1 aromatic carbocycles. The van der Waals surface area contributed by atoms with Crippen LogP contribution in [0.5, 0.6) is 0 Å². The molecular weight excluding hydrogens is 226 g/mol. The van der Waals surface area contributed by atoms with Gasteiger partial charge in [-0.05, 0) is 18.7 Å². The number of benzene rings is 1. The fourth-order valence-electron chi connectivity index (χ4n) is 1.54. The van der Waals surface area contributed by atoms with Crippen molar-refractivity contribution in [1.29, 1.82) is 0 Å². The van der Waals surface area contributed by atoms with Crippen LogP contribution >= 0.6 is 0 Å². The highest BCUT2D eigenvalue weighted by Gasteiger charge is 2.16. The summed E-state index contributed by atoms with van der Waals surface area (Å²) < 4.78 is 31.8. The van der Waals surface area contributed by atoms with E-state index in [1.54, 1.807) is 0 Å². The van der Waals surface area contributed by atoms with E-state index in [9.17, 15) is 8.78 Å². The van der Waals surface area contributed by atoms with Gasteiger partial charge in [0.15, 0.2) is 23.8 Å². The van der Waals surface area contributed by atoms with Gasteiger partial charge in [-0.25, -0.2) is 13.8 Å². The van der Waals surface area contributed by atoms with E-state index in [-0.39, 0.29) is 11.3 Å². The molecule has 5 heteroatoms. The predicted octanol–water partition coefficient (Wildman–Crippen LogP) is 2.73. The minimum atomic E-state index is -0.915. The van der Waals surface area contributed by atoms with Crippen LogP contribution in [0.15, 0.2) is 29.0 Å². The molecule has 0 radical (unpaired) electrons. The lowest BCUT2D eigenvalue weighted by Gasteiger charge is -2.03. The molecule has 0 spiro atoms. The summed E-state index contributed by atoms with van der Waals surface area (Å²) in [5.74, 6) is -1.54. The zero-order valence-corrected chi connectivity index (χ0v) is 9.34. The molecule has 17 heavy (non-hydrogen) atoms. The lowest BCUT2D eigenvalue weighted by molar-refractivity contribution is 0.503. The number of nitrogens with one attached hydrogen (secondary N) is 1. The number of hydrogen-bond acceptors (Lipinski definition) is 3. The molecule has 2 aromatic rings. The zero-order chi connectivity index (χ0) is 12.3. The maximum absolute atomic E-state index is 13.6. The van der Waals surface area contributed by atoms with Crippen LogP contribution < -0.4 is 5.32 Å². The number of hydrogen-bond donors (Lipinski definition) is 1. The van der Waals surface area contributed by atoms with Gasteiger partial charge in [-0.1, -0.05) is 13.0 Å². The molecule has 90 valence electrons. The van der Waals surface area contributed by atoms with E-state index in [1.165, 1.54) is 18.5 Å². The Morgan fingerprint density at radius 2 is 2.18 bits per heavy atom. The van der Waals surface area contributed by atoms with Gasteiger partial charge in [0.1, 0.15) is 5.69 Å². The molecule has 0 aliphatic heterocycles. The molecule has 1 aromatic heterocycles. The molecule has 0 fully saturated rings. The maximum atomic E-state index is 13.6. The standard InChI is InChI=1S/C12H12F2N2O/c1-2-15-6-10-12(17-7-16-10)8-4-3-5-9(13)11(8)14/h3-5,7,15H,2,6H2,1H3. The lowest BCUT2D eigenvalue weighted by Crippen LogP contribution is -2.12. The summed E-state index contributed by atoms with van der Waals surface area (Å²) in [6.07, 6.45) is 1.23. The lowest BCUT2D eigenvalue weighted by atomic mass is 10.1. The molecule has 0 atom stereocenters. The number of rotatable bonds is 4. The predicted molar refractivity (Wildman–Crippen MR) is 59.2 cm³/mol. The van der Waals surface area contributed by atoms with Crippen LogP contribution in [0, 0.1) is 11.6 Å². The van der Waals surface area contributed by atoms with E-state index in [2.05, 4.69) is 10.3 Å². The van der Waals surface area contributed by atoms with Crippen LogP contribution in [0.25, 0.3) is 11.3 Å². The van der Waals surface area contributed by atoms with Gasteiger partial charge in [0.2, 0.25) is 0 Å². The Balaban J connectivity index is 2.39. The molecule has 0 bridgehead atoms. The fourth-order valence-corrected chi connectivity index (χ4v) is 1.54. The van der Waals surface area contributed by atoms with Crippen molar-refractivity contribution in [2.24, 2.45) is 0 Å². The molecule has 0 saturated carbocycles. The summed E-state index contributed by atoms with van der Waals surface area (Å²) in [4.78, 5) is 3.98. The normalized spacial score (nSPS) is 10.8. The van der Waals surface area contributed by atoms with Gasteiger partial charge in [0.25, 0.3) is 0 Å². The minimum absolute atomic E-state index is 0.0930. The first kappa shape index (κ1) is 11.7. The van der Waals surface area contributed by atoms with E-state index in [0.29, 0.717) is 12.2 Å². The van der Waals surface area contributed by atoms with Crippen molar-refractivity contribution >= 4 is 0 Å². The minimum Gasteiger partial charge on any atom is -0.443 e. The Morgan fingerprint density at radius 3 is 2.94 bits per heavy atom. The van der Waals surface area contributed by atoms with Gasteiger partial charge in [-0.2, -0.15) is 0 Å². The first-order valence-corrected chi connectivity index (χ1v) is 5.31. The van der Waals surface area contributed by atoms with Crippen molar-refractivity contribution in [3.8, 4) is 11.3 Å². The molecule has 3 nitrogen and oxygen atoms in total. The van der Waals surface area contributed by atoms with Crippen molar-refractivity contribution in [3.63, 3.8) is 0 Å². The van der Waals surface area contributed by atoms with Crippen molar-refractivity contribution in [3.05, 3.63) is 41.9 Å². The first-order chi connectivity index (χ1) is 8.24. The third-order valence-corrected chi connectivity index (χ3v) is 2.38. The molecule has 0 amide bonds. The topological polar surface area (TPSA) is 38.1 Å². The maximum Gasteiger partial charge on any atom is 0.181 e. The molecule has 1 N–H and O–H groups in total. The number of halogens is 2. The summed E-state index contributed by atoms with van der Waals surface area (Å²) in [7, 11) is 0. The summed E-state index contributed by atoms with van der Waals surface area (Å²) in [5, 5.41) is 3.06. The molecule has 0 saturated heterocycles. The summed E-state index contributed by atoms with van der Waals surface area (Å²) in [5.41, 5.74) is 0.659. The zero-order valence-electron chi connectivity index (χ0n) is 9.34. The summed E-state index contributed by atoms with van der Waals surface area (Å²) >= 11 is 0. The van der Waals surface area contributed by atoms with Crippen LogP contribution in [-0.4, -0.2) is 11.5 Å². The van der Waals surface area contributed by atoms with Crippen molar-refractivity contribution in [2.75, 3.05) is 6.54 Å². The number of nitrogens with zero attached hydrogens (tertiary/aromatic N) is 1. The molecule has 0 unspecified atom stereocenters. The SMILES string of the molecule is CCNCc1ncoc1-c1cccc(F)c1F. The number of oxazole rings is 1. The largest absolute Gasteiger partial charge is 0.443 e. The van der Waals surface area contributed by atoms with Gasteiger partial charge >= 0.3 is 0 Å². The van der Waals surface area contributed by atoms with Gasteiger partial charge < -0.3 is 9.73 Å². The van der Waals surface area contributed by atoms with E-state index < -0.39 is 11.6 Å². The summed E-state index contributed by atoms with van der Waals surface area (Å²) in [6, 6.07) is 3.97. The van der Waals surface area contributed by atoms with E-state index in [0.717, 1.165) is 12.6 Å². The fraction of sp³-hybridized carbons (Fsp3) is 0.250. The Labute approximate surface area is 97.5 Å². The average molecular weight is 238 g/mol. The average Bonchev–Trinajstić information content (AvgIpc) is 2.78. The second-order valence-corrected chi connectivity index (χ2v) is 3.51. The second kappa shape index (κ2) is 5.05. The van der Waals surface area contributed by atoms with Crippen LogP contribution in [0.1, 0.15) is 12.6 Å². The van der Waals surface area contributed by atoms with Gasteiger partial charge in [0.05, 0.1) is 5.56 Å². The van der Waals surface area contributed by atoms with Gasteiger partial charge in [-0.15, -0.1) is 0 Å². The quantitative estimate of drug-likeness (QED) is 0.890. The molecule has 0 aliphatic rings. The van der Waals surface area contributed by atoms with Gasteiger partial charge in [-0.3, -0.25) is 0 Å². The molecular formula is C12H12F2N2O. The third kappa shape index (κ3) is 2.34. The molecule has 0 aliphatic carbocycles. The Bertz CT molecular complexity index is 511. The highest BCUT2D eigenvalue weighted by atomic mass is 19.2. The van der Waals surface area contributed by atoms with Gasteiger partial charge in [0, 0.05) is 6.54 Å². The monoisotopic (exact) mass is 238 g/mol. The van der Waals surface area contributed by atoms with Crippen LogP contribution in [0.4, 0.5) is 8.78 Å². The van der Waals surface area contributed by atoms with Crippen LogP contribution in [0.2, 0.25) is 0 Å². The number of aromatic nitrogens is 1. The third-order valence-electron chi connectivity index (χ3n) is 2.38. The first-order valence-electron chi connectivity index (χ1n) is 5.31. The highest BCUT2D eigenvalue weighted by molar-refractivity contribution is 5.60. The molecule has 1 heterocycles. The van der Waals surface area contributed by atoms with E-state index >= 15 is 0 Å². The Hall–Kier alpha value is -1.75. The van der Waals surface area contributed by atoms with Crippen LogP contribution in [0.3, 0.4) is 0 Å². The Morgan fingerprint density at radius 1 is 1.35 bits per heavy atom. The van der Waals surface area contributed by atoms with E-state index in [4.69, 9.17) is 4.42 Å². The van der Waals surface area contributed by atoms with Crippen molar-refractivity contribution < 1.29 is 13.2 Å². The van der Waals surface area contributed by atoms with Crippen molar-refractivity contribution in [2.45, 2.75) is 13.5 Å².